The Kier molecular flexibility index (Phi) is 6.10. The van der Waals surface area contributed by atoms with Crippen LogP contribution in [0.2, 0.25) is 0 Å². The molecular formula is C14H19FN2O4. The monoisotopic (exact) mass is 298 g/mol. The summed E-state index contributed by atoms with van der Waals surface area (Å²) in [4.78, 5) is 22.6. The number of hydrogen-bond donors (Lipinski definition) is 4. The largest absolute Gasteiger partial charge is 0.480 e. The quantitative estimate of drug-likeness (QED) is 0.636. The predicted molar refractivity (Wildman–Crippen MR) is 74.3 cm³/mol. The molecule has 0 saturated carbocycles. The molecule has 2 atom stereocenters. The molecule has 1 aromatic carbocycles. The number of carbonyl (C=O) groups is 2. The minimum atomic E-state index is -1.23. The number of halogens is 1. The third kappa shape index (κ3) is 5.03. The van der Waals surface area contributed by atoms with Crippen molar-refractivity contribution in [2.45, 2.75) is 32.4 Å². The second-order valence-electron chi connectivity index (χ2n) is 4.75. The minimum Gasteiger partial charge on any atom is -0.480 e. The molecule has 0 aliphatic rings. The predicted octanol–water partition coefficient (Wildman–Crippen LogP) is 1.33. The van der Waals surface area contributed by atoms with Crippen molar-refractivity contribution in [3.63, 3.8) is 0 Å². The molecule has 0 aliphatic carbocycles. The molecule has 1 rings (SSSR count). The summed E-state index contributed by atoms with van der Waals surface area (Å²) in [5.74, 6) is -1.60. The number of carboxylic acid groups (broad SMARTS) is 1. The average Bonchev–Trinajstić information content (AvgIpc) is 2.41. The number of aliphatic hydroxyl groups is 1. The van der Waals surface area contributed by atoms with Crippen LogP contribution in [0.25, 0.3) is 0 Å². The number of aryl methyl sites for hydroxylation is 1. The van der Waals surface area contributed by atoms with E-state index in [-0.39, 0.29) is 18.8 Å². The van der Waals surface area contributed by atoms with E-state index >= 15 is 0 Å². The number of nitrogens with one attached hydrogen (secondary N) is 2. The number of carbonyl (C=O) groups excluding carboxylic acids is 1. The molecule has 0 bridgehead atoms. The number of carboxylic acids is 1. The molecule has 21 heavy (non-hydrogen) atoms. The number of rotatable bonds is 6. The van der Waals surface area contributed by atoms with Crippen LogP contribution in [0.3, 0.4) is 0 Å². The van der Waals surface area contributed by atoms with Crippen molar-refractivity contribution < 1.29 is 24.2 Å². The lowest BCUT2D eigenvalue weighted by Gasteiger charge is -2.18. The molecule has 0 heterocycles. The third-order valence-corrected chi connectivity index (χ3v) is 3.06. The smallest absolute Gasteiger partial charge is 0.326 e. The third-order valence-electron chi connectivity index (χ3n) is 3.06. The Morgan fingerprint density at radius 2 is 2.00 bits per heavy atom. The van der Waals surface area contributed by atoms with Crippen LogP contribution < -0.4 is 10.6 Å². The normalized spacial score (nSPS) is 13.3. The van der Waals surface area contributed by atoms with Gasteiger partial charge in [0.25, 0.3) is 0 Å². The first-order chi connectivity index (χ1) is 9.85. The zero-order valence-electron chi connectivity index (χ0n) is 11.9. The molecule has 0 spiro atoms. The van der Waals surface area contributed by atoms with Crippen LogP contribution in [0.5, 0.6) is 0 Å². The lowest BCUT2D eigenvalue weighted by molar-refractivity contribution is -0.139. The molecule has 2 amide bonds. The average molecular weight is 298 g/mol. The van der Waals surface area contributed by atoms with Gasteiger partial charge in [0, 0.05) is 13.0 Å². The Morgan fingerprint density at radius 1 is 1.33 bits per heavy atom. The van der Waals surface area contributed by atoms with Crippen molar-refractivity contribution in [2.75, 3.05) is 6.61 Å². The highest BCUT2D eigenvalue weighted by Crippen LogP contribution is 2.16. The lowest BCUT2D eigenvalue weighted by Crippen LogP contribution is -2.47. The SMILES string of the molecule is Cc1ccc(C(C)NC(=O)NC(CCO)C(=O)O)cc1F. The summed E-state index contributed by atoms with van der Waals surface area (Å²) >= 11 is 0. The van der Waals surface area contributed by atoms with Gasteiger partial charge in [-0.1, -0.05) is 12.1 Å². The number of urea groups is 1. The molecule has 0 radical (unpaired) electrons. The van der Waals surface area contributed by atoms with Gasteiger partial charge in [0.05, 0.1) is 6.04 Å². The van der Waals surface area contributed by atoms with E-state index in [0.29, 0.717) is 11.1 Å². The van der Waals surface area contributed by atoms with Gasteiger partial charge in [-0.25, -0.2) is 14.0 Å². The molecule has 6 nitrogen and oxygen atoms in total. The second-order valence-corrected chi connectivity index (χ2v) is 4.75. The van der Waals surface area contributed by atoms with E-state index in [4.69, 9.17) is 10.2 Å². The molecule has 0 aliphatic heterocycles. The van der Waals surface area contributed by atoms with E-state index in [0.717, 1.165) is 0 Å². The fourth-order valence-corrected chi connectivity index (χ4v) is 1.74. The van der Waals surface area contributed by atoms with E-state index in [1.807, 2.05) is 0 Å². The van der Waals surface area contributed by atoms with Gasteiger partial charge in [-0.2, -0.15) is 0 Å². The summed E-state index contributed by atoms with van der Waals surface area (Å²) in [6.07, 6.45) is -0.0870. The zero-order chi connectivity index (χ0) is 16.0. The minimum absolute atomic E-state index is 0.0870. The lowest BCUT2D eigenvalue weighted by atomic mass is 10.1. The van der Waals surface area contributed by atoms with E-state index in [1.54, 1.807) is 26.0 Å². The maximum absolute atomic E-state index is 13.5. The van der Waals surface area contributed by atoms with Crippen LogP contribution in [0.1, 0.15) is 30.5 Å². The number of aliphatic carboxylic acids is 1. The van der Waals surface area contributed by atoms with Gasteiger partial charge >= 0.3 is 12.0 Å². The molecule has 116 valence electrons. The molecule has 0 saturated heterocycles. The second kappa shape index (κ2) is 7.58. The highest BCUT2D eigenvalue weighted by molar-refractivity contribution is 5.82. The van der Waals surface area contributed by atoms with Crippen LogP contribution >= 0.6 is 0 Å². The summed E-state index contributed by atoms with van der Waals surface area (Å²) in [7, 11) is 0. The van der Waals surface area contributed by atoms with Crippen LogP contribution in [-0.4, -0.2) is 34.9 Å². The van der Waals surface area contributed by atoms with Gasteiger partial charge in [0.15, 0.2) is 0 Å². The highest BCUT2D eigenvalue weighted by Gasteiger charge is 2.20. The van der Waals surface area contributed by atoms with Crippen molar-refractivity contribution in [3.05, 3.63) is 35.1 Å². The topological polar surface area (TPSA) is 98.7 Å². The molecule has 2 unspecified atom stereocenters. The van der Waals surface area contributed by atoms with Gasteiger partial charge in [-0.05, 0) is 31.0 Å². The number of amides is 2. The molecule has 1 aromatic rings. The van der Waals surface area contributed by atoms with E-state index in [9.17, 15) is 14.0 Å². The summed E-state index contributed by atoms with van der Waals surface area (Å²) in [6.45, 7) is 2.94. The van der Waals surface area contributed by atoms with Gasteiger partial charge < -0.3 is 20.8 Å². The number of benzene rings is 1. The van der Waals surface area contributed by atoms with E-state index < -0.39 is 24.1 Å². The van der Waals surface area contributed by atoms with Crippen molar-refractivity contribution in [1.29, 1.82) is 0 Å². The molecular weight excluding hydrogens is 279 g/mol. The van der Waals surface area contributed by atoms with Gasteiger partial charge in [-0.3, -0.25) is 0 Å². The summed E-state index contributed by atoms with van der Waals surface area (Å²) in [5, 5.41) is 22.4. The fourth-order valence-electron chi connectivity index (χ4n) is 1.74. The van der Waals surface area contributed by atoms with Crippen molar-refractivity contribution in [1.82, 2.24) is 10.6 Å². The van der Waals surface area contributed by atoms with Gasteiger partial charge in [-0.15, -0.1) is 0 Å². The Morgan fingerprint density at radius 3 is 2.52 bits per heavy atom. The number of aliphatic hydroxyl groups excluding tert-OH is 1. The Balaban J connectivity index is 2.64. The van der Waals surface area contributed by atoms with Crippen molar-refractivity contribution in [2.24, 2.45) is 0 Å². The first-order valence-corrected chi connectivity index (χ1v) is 6.52. The van der Waals surface area contributed by atoms with E-state index in [1.165, 1.54) is 6.07 Å². The van der Waals surface area contributed by atoms with Crippen LogP contribution in [-0.2, 0) is 4.79 Å². The van der Waals surface area contributed by atoms with Crippen LogP contribution in [0, 0.1) is 12.7 Å². The molecule has 7 heteroatoms. The standard InChI is InChI=1S/C14H19FN2O4/c1-8-3-4-10(7-11(8)15)9(2)16-14(21)17-12(5-6-18)13(19)20/h3-4,7,9,12,18H,5-6H2,1-2H3,(H,19,20)(H2,16,17,21). The van der Waals surface area contributed by atoms with Crippen molar-refractivity contribution in [3.8, 4) is 0 Å². The first kappa shape index (κ1) is 16.9. The van der Waals surface area contributed by atoms with Crippen LogP contribution in [0.4, 0.5) is 9.18 Å². The first-order valence-electron chi connectivity index (χ1n) is 6.52. The maximum Gasteiger partial charge on any atom is 0.326 e. The Hall–Kier alpha value is -2.15. The van der Waals surface area contributed by atoms with E-state index in [2.05, 4.69) is 10.6 Å². The van der Waals surface area contributed by atoms with Crippen LogP contribution in [0.15, 0.2) is 18.2 Å². The maximum atomic E-state index is 13.5. The number of hydrogen-bond acceptors (Lipinski definition) is 3. The molecule has 0 aromatic heterocycles. The van der Waals surface area contributed by atoms with Gasteiger partial charge in [0.1, 0.15) is 11.9 Å². The summed E-state index contributed by atoms with van der Waals surface area (Å²) in [5.41, 5.74) is 1.08. The molecule has 4 N–H and O–H groups in total. The Labute approximate surface area is 122 Å². The van der Waals surface area contributed by atoms with Crippen molar-refractivity contribution >= 4 is 12.0 Å². The van der Waals surface area contributed by atoms with Gasteiger partial charge in [0.2, 0.25) is 0 Å². The fraction of sp³-hybridized carbons (Fsp3) is 0.429. The highest BCUT2D eigenvalue weighted by atomic mass is 19.1. The molecule has 0 fully saturated rings. The summed E-state index contributed by atoms with van der Waals surface area (Å²) in [6, 6.07) is 2.27. The Bertz CT molecular complexity index is 522. The zero-order valence-corrected chi connectivity index (χ0v) is 11.9. The summed E-state index contributed by atoms with van der Waals surface area (Å²) < 4.78 is 13.5.